The number of methoxy groups -OCH3 is 1. The molecular weight excluding hydrogens is 416 g/mol. The van der Waals surface area contributed by atoms with Crippen LogP contribution in [0.5, 0.6) is 5.75 Å². The van der Waals surface area contributed by atoms with E-state index in [4.69, 9.17) is 9.47 Å². The van der Waals surface area contributed by atoms with E-state index in [9.17, 15) is 8.42 Å². The van der Waals surface area contributed by atoms with E-state index >= 15 is 0 Å². The second kappa shape index (κ2) is 11.1. The minimum Gasteiger partial charge on any atom is -0.497 e. The molecule has 1 aliphatic rings. The predicted octanol–water partition coefficient (Wildman–Crippen LogP) is 1.72. The van der Waals surface area contributed by atoms with E-state index in [1.54, 1.807) is 14.2 Å². The van der Waals surface area contributed by atoms with Crippen LogP contribution in [0.3, 0.4) is 0 Å². The molecule has 1 fully saturated rings. The van der Waals surface area contributed by atoms with E-state index in [-0.39, 0.29) is 5.75 Å². The number of hydrogen-bond acceptors (Lipinski definition) is 5. The number of morpholine rings is 1. The second-order valence-electron chi connectivity index (χ2n) is 7.17. The molecular formula is C22H30N4O4S. The van der Waals surface area contributed by atoms with Crippen LogP contribution in [0.15, 0.2) is 53.5 Å². The van der Waals surface area contributed by atoms with Crippen LogP contribution in [-0.2, 0) is 33.6 Å². The van der Waals surface area contributed by atoms with E-state index in [1.165, 1.54) is 4.31 Å². The third-order valence-electron chi connectivity index (χ3n) is 5.08. The van der Waals surface area contributed by atoms with Crippen molar-refractivity contribution in [2.24, 2.45) is 4.99 Å². The lowest BCUT2D eigenvalue weighted by Gasteiger charge is -2.26. The van der Waals surface area contributed by atoms with Crippen LogP contribution >= 0.6 is 0 Å². The van der Waals surface area contributed by atoms with Gasteiger partial charge in [-0.05, 0) is 28.8 Å². The average Bonchev–Trinajstić information content (AvgIpc) is 2.80. The highest BCUT2D eigenvalue weighted by Gasteiger charge is 2.25. The molecule has 1 saturated heterocycles. The van der Waals surface area contributed by atoms with Gasteiger partial charge >= 0.3 is 0 Å². The summed E-state index contributed by atoms with van der Waals surface area (Å²) in [4.78, 5) is 4.26. The Bertz CT molecular complexity index is 989. The van der Waals surface area contributed by atoms with Gasteiger partial charge in [0, 0.05) is 33.2 Å². The van der Waals surface area contributed by atoms with Crippen molar-refractivity contribution in [2.75, 3.05) is 40.5 Å². The van der Waals surface area contributed by atoms with Gasteiger partial charge in [-0.3, -0.25) is 4.99 Å². The van der Waals surface area contributed by atoms with Gasteiger partial charge in [-0.25, -0.2) is 8.42 Å². The number of hydrogen-bond donors (Lipinski definition) is 2. The number of sulfonamides is 1. The van der Waals surface area contributed by atoms with Crippen molar-refractivity contribution in [2.45, 2.75) is 18.8 Å². The van der Waals surface area contributed by atoms with Crippen molar-refractivity contribution in [3.8, 4) is 5.75 Å². The third kappa shape index (κ3) is 6.68. The molecule has 3 rings (SSSR count). The maximum Gasteiger partial charge on any atom is 0.218 e. The smallest absolute Gasteiger partial charge is 0.218 e. The standard InChI is InChI=1S/C22H30N4O4S/c1-23-22(24-15-18-6-5-9-21(14-18)29-2)25-16-19-7-3-4-8-20(19)17-31(27,28)26-10-12-30-13-11-26/h3-9,14H,10-13,15-17H2,1-2H3,(H2,23,24,25). The summed E-state index contributed by atoms with van der Waals surface area (Å²) in [6.07, 6.45) is 0. The fourth-order valence-electron chi connectivity index (χ4n) is 3.35. The Labute approximate surface area is 184 Å². The monoisotopic (exact) mass is 446 g/mol. The molecule has 0 aliphatic carbocycles. The Balaban J connectivity index is 1.60. The van der Waals surface area contributed by atoms with Crippen LogP contribution in [0.4, 0.5) is 0 Å². The van der Waals surface area contributed by atoms with E-state index in [0.717, 1.165) is 22.4 Å². The molecule has 2 aromatic carbocycles. The summed E-state index contributed by atoms with van der Waals surface area (Å²) >= 11 is 0. The molecule has 31 heavy (non-hydrogen) atoms. The quantitative estimate of drug-likeness (QED) is 0.474. The number of aliphatic imine (C=N–C) groups is 1. The lowest BCUT2D eigenvalue weighted by atomic mass is 10.1. The van der Waals surface area contributed by atoms with Gasteiger partial charge in [0.15, 0.2) is 5.96 Å². The molecule has 0 atom stereocenters. The summed E-state index contributed by atoms with van der Waals surface area (Å²) in [7, 11) is -0.0414. The lowest BCUT2D eigenvalue weighted by molar-refractivity contribution is 0.0729. The zero-order chi connectivity index (χ0) is 22.1. The van der Waals surface area contributed by atoms with Crippen LogP contribution in [-0.4, -0.2) is 59.1 Å². The largest absolute Gasteiger partial charge is 0.497 e. The summed E-state index contributed by atoms with van der Waals surface area (Å²) < 4.78 is 37.7. The molecule has 0 unspecified atom stereocenters. The molecule has 168 valence electrons. The van der Waals surface area contributed by atoms with Gasteiger partial charge in [0.1, 0.15) is 5.75 Å². The summed E-state index contributed by atoms with van der Waals surface area (Å²) in [6, 6.07) is 15.4. The van der Waals surface area contributed by atoms with Crippen LogP contribution in [0.2, 0.25) is 0 Å². The van der Waals surface area contributed by atoms with Crippen LogP contribution < -0.4 is 15.4 Å². The molecule has 0 saturated carbocycles. The highest BCUT2D eigenvalue weighted by Crippen LogP contribution is 2.17. The van der Waals surface area contributed by atoms with Crippen LogP contribution in [0, 0.1) is 0 Å². The minimum absolute atomic E-state index is 0.0271. The third-order valence-corrected chi connectivity index (χ3v) is 6.91. The zero-order valence-corrected chi connectivity index (χ0v) is 18.8. The summed E-state index contributed by atoms with van der Waals surface area (Å²) in [6.45, 7) is 2.75. The van der Waals surface area contributed by atoms with E-state index in [2.05, 4.69) is 15.6 Å². The molecule has 0 bridgehead atoms. The topological polar surface area (TPSA) is 92.3 Å². The average molecular weight is 447 g/mol. The predicted molar refractivity (Wildman–Crippen MR) is 121 cm³/mol. The molecule has 1 aliphatic heterocycles. The molecule has 8 nitrogen and oxygen atoms in total. The van der Waals surface area contributed by atoms with Crippen molar-refractivity contribution in [3.63, 3.8) is 0 Å². The molecule has 2 aromatic rings. The van der Waals surface area contributed by atoms with E-state index in [1.807, 2.05) is 48.5 Å². The number of nitrogens with one attached hydrogen (secondary N) is 2. The Morgan fingerprint density at radius 3 is 2.48 bits per heavy atom. The maximum atomic E-state index is 12.8. The number of guanidine groups is 1. The van der Waals surface area contributed by atoms with Crippen molar-refractivity contribution >= 4 is 16.0 Å². The van der Waals surface area contributed by atoms with Gasteiger partial charge in [-0.15, -0.1) is 0 Å². The second-order valence-corrected chi connectivity index (χ2v) is 9.14. The molecule has 9 heteroatoms. The number of ether oxygens (including phenoxy) is 2. The number of rotatable bonds is 8. The van der Waals surface area contributed by atoms with Gasteiger partial charge in [0.05, 0.1) is 26.1 Å². The van der Waals surface area contributed by atoms with Crippen LogP contribution in [0.1, 0.15) is 16.7 Å². The van der Waals surface area contributed by atoms with Crippen molar-refractivity contribution in [1.29, 1.82) is 0 Å². The maximum absolute atomic E-state index is 12.8. The summed E-state index contributed by atoms with van der Waals surface area (Å²) in [5.74, 6) is 1.41. The minimum atomic E-state index is -3.39. The first-order chi connectivity index (χ1) is 15.0. The highest BCUT2D eigenvalue weighted by molar-refractivity contribution is 7.88. The first kappa shape index (κ1) is 23.1. The molecule has 0 aromatic heterocycles. The molecule has 1 heterocycles. The van der Waals surface area contributed by atoms with Gasteiger partial charge in [0.2, 0.25) is 10.0 Å². The van der Waals surface area contributed by atoms with Gasteiger partial charge in [-0.1, -0.05) is 36.4 Å². The summed E-state index contributed by atoms with van der Waals surface area (Å²) in [5.41, 5.74) is 2.77. The first-order valence-electron chi connectivity index (χ1n) is 10.2. The fraction of sp³-hybridized carbons (Fsp3) is 0.409. The van der Waals surface area contributed by atoms with Gasteiger partial charge in [-0.2, -0.15) is 4.31 Å². The number of benzene rings is 2. The fourth-order valence-corrected chi connectivity index (χ4v) is 4.91. The normalized spacial score (nSPS) is 15.5. The molecule has 0 amide bonds. The lowest BCUT2D eigenvalue weighted by Crippen LogP contribution is -2.41. The summed E-state index contributed by atoms with van der Waals surface area (Å²) in [5, 5.41) is 6.54. The Morgan fingerprint density at radius 1 is 1.06 bits per heavy atom. The SMILES string of the molecule is CN=C(NCc1cccc(OC)c1)NCc1ccccc1CS(=O)(=O)N1CCOCC1. The van der Waals surface area contributed by atoms with E-state index < -0.39 is 10.0 Å². The van der Waals surface area contributed by atoms with Gasteiger partial charge < -0.3 is 20.1 Å². The van der Waals surface area contributed by atoms with Crippen molar-refractivity contribution in [3.05, 3.63) is 65.2 Å². The molecule has 0 spiro atoms. The van der Waals surface area contributed by atoms with Crippen molar-refractivity contribution in [1.82, 2.24) is 14.9 Å². The van der Waals surface area contributed by atoms with Gasteiger partial charge in [0.25, 0.3) is 0 Å². The molecule has 0 radical (unpaired) electrons. The highest BCUT2D eigenvalue weighted by atomic mass is 32.2. The Morgan fingerprint density at radius 2 is 1.77 bits per heavy atom. The Kier molecular flexibility index (Phi) is 8.27. The van der Waals surface area contributed by atoms with E-state index in [0.29, 0.717) is 45.4 Å². The number of nitrogens with zero attached hydrogens (tertiary/aromatic N) is 2. The van der Waals surface area contributed by atoms with Crippen molar-refractivity contribution < 1.29 is 17.9 Å². The van der Waals surface area contributed by atoms with Crippen LogP contribution in [0.25, 0.3) is 0 Å². The zero-order valence-electron chi connectivity index (χ0n) is 18.0. The Hall–Kier alpha value is -2.62. The first-order valence-corrected chi connectivity index (χ1v) is 11.8. The molecule has 2 N–H and O–H groups in total.